The van der Waals surface area contributed by atoms with Gasteiger partial charge in [0.05, 0.1) is 13.2 Å². The van der Waals surface area contributed by atoms with Gasteiger partial charge in [-0.25, -0.2) is 0 Å². The van der Waals surface area contributed by atoms with E-state index in [1.165, 1.54) is 13.2 Å². The number of phenolic OH excluding ortho intramolecular Hbond substituents is 2. The fraction of sp³-hybridized carbons (Fsp3) is 0.286. The minimum Gasteiger partial charge on any atom is -0.508 e. The van der Waals surface area contributed by atoms with Crippen molar-refractivity contribution < 1.29 is 29.2 Å². The number of fused-ring (bicyclic) bond motifs is 1. The number of rotatable bonds is 4. The molecule has 28 heavy (non-hydrogen) atoms. The van der Waals surface area contributed by atoms with Crippen molar-refractivity contribution in [1.29, 1.82) is 0 Å². The highest BCUT2D eigenvalue weighted by atomic mass is 16.5. The zero-order valence-corrected chi connectivity index (χ0v) is 15.3. The smallest absolute Gasteiger partial charge is 0.238 e. The van der Waals surface area contributed by atoms with Crippen LogP contribution >= 0.6 is 0 Å². The lowest BCUT2D eigenvalue weighted by Crippen LogP contribution is -2.11. The normalized spacial score (nSPS) is 14.5. The van der Waals surface area contributed by atoms with Crippen molar-refractivity contribution >= 4 is 11.0 Å². The Morgan fingerprint density at radius 2 is 1.79 bits per heavy atom. The highest BCUT2D eigenvalue weighted by Crippen LogP contribution is 2.39. The average Bonchev–Trinajstić information content (AvgIpc) is 3.17. The van der Waals surface area contributed by atoms with Crippen molar-refractivity contribution in [1.82, 2.24) is 0 Å². The zero-order chi connectivity index (χ0) is 19.8. The molecule has 1 saturated carbocycles. The van der Waals surface area contributed by atoms with Gasteiger partial charge in [0.1, 0.15) is 22.5 Å². The molecule has 0 amide bonds. The molecule has 0 atom stereocenters. The molecule has 0 radical (unpaired) electrons. The first kappa shape index (κ1) is 18.0. The fourth-order valence-electron chi connectivity index (χ4n) is 3.57. The average molecular weight is 384 g/mol. The van der Waals surface area contributed by atoms with Crippen LogP contribution in [0.25, 0.3) is 22.3 Å². The number of ether oxygens (including phenoxy) is 2. The van der Waals surface area contributed by atoms with E-state index in [-0.39, 0.29) is 28.6 Å². The van der Waals surface area contributed by atoms with E-state index >= 15 is 0 Å². The number of aromatic hydroxyl groups is 3. The first-order chi connectivity index (χ1) is 13.5. The summed E-state index contributed by atoms with van der Waals surface area (Å²) in [6.45, 7) is 0. The first-order valence-electron chi connectivity index (χ1n) is 9.04. The predicted octanol–water partition coefficient (Wildman–Crippen LogP) is 3.91. The van der Waals surface area contributed by atoms with Crippen LogP contribution in [0.1, 0.15) is 25.7 Å². The Balaban J connectivity index is 1.85. The zero-order valence-electron chi connectivity index (χ0n) is 15.3. The number of hydrogen-bond acceptors (Lipinski definition) is 7. The summed E-state index contributed by atoms with van der Waals surface area (Å²) in [5, 5.41) is 29.8. The third-order valence-electron chi connectivity index (χ3n) is 4.96. The molecule has 3 aromatic rings. The maximum absolute atomic E-state index is 12.5. The highest BCUT2D eigenvalue weighted by molar-refractivity contribution is 5.88. The Morgan fingerprint density at radius 1 is 1.04 bits per heavy atom. The van der Waals surface area contributed by atoms with E-state index in [0.29, 0.717) is 17.1 Å². The van der Waals surface area contributed by atoms with Crippen molar-refractivity contribution in [3.05, 3.63) is 40.6 Å². The molecule has 1 aromatic heterocycles. The highest BCUT2D eigenvalue weighted by Gasteiger charge is 2.22. The lowest BCUT2D eigenvalue weighted by molar-refractivity contribution is 0.201. The largest absolute Gasteiger partial charge is 0.508 e. The van der Waals surface area contributed by atoms with E-state index < -0.39 is 16.9 Å². The van der Waals surface area contributed by atoms with Gasteiger partial charge in [0.15, 0.2) is 17.3 Å². The molecule has 1 aliphatic rings. The summed E-state index contributed by atoms with van der Waals surface area (Å²) < 4.78 is 17.1. The van der Waals surface area contributed by atoms with E-state index in [0.717, 1.165) is 31.7 Å². The van der Waals surface area contributed by atoms with Crippen LogP contribution in [0, 0.1) is 0 Å². The second-order valence-corrected chi connectivity index (χ2v) is 6.84. The molecule has 0 aliphatic heterocycles. The summed E-state index contributed by atoms with van der Waals surface area (Å²) >= 11 is 0. The van der Waals surface area contributed by atoms with Gasteiger partial charge in [-0.2, -0.15) is 0 Å². The number of methoxy groups -OCH3 is 1. The minimum absolute atomic E-state index is 0.0376. The van der Waals surface area contributed by atoms with Gasteiger partial charge in [-0.15, -0.1) is 0 Å². The number of benzene rings is 2. The second kappa shape index (κ2) is 6.99. The SMILES string of the molecule is COc1ccc(-c2oc3cc(O)cc(O)c3c(=O)c2O)cc1OC1CCCC1. The van der Waals surface area contributed by atoms with Gasteiger partial charge in [0, 0.05) is 17.7 Å². The topological polar surface area (TPSA) is 109 Å². The Hall–Kier alpha value is -3.35. The van der Waals surface area contributed by atoms with Crippen LogP contribution in [-0.4, -0.2) is 28.5 Å². The molecular weight excluding hydrogens is 364 g/mol. The van der Waals surface area contributed by atoms with Gasteiger partial charge in [-0.05, 0) is 43.9 Å². The van der Waals surface area contributed by atoms with Crippen molar-refractivity contribution in [2.24, 2.45) is 0 Å². The molecule has 0 unspecified atom stereocenters. The van der Waals surface area contributed by atoms with Gasteiger partial charge in [-0.3, -0.25) is 4.79 Å². The molecule has 1 fully saturated rings. The van der Waals surface area contributed by atoms with Gasteiger partial charge in [-0.1, -0.05) is 0 Å². The quantitative estimate of drug-likeness (QED) is 0.626. The molecule has 0 bridgehead atoms. The Bertz CT molecular complexity index is 1090. The van der Waals surface area contributed by atoms with Crippen LogP contribution in [0.2, 0.25) is 0 Å². The fourth-order valence-corrected chi connectivity index (χ4v) is 3.57. The van der Waals surface area contributed by atoms with E-state index in [2.05, 4.69) is 0 Å². The summed E-state index contributed by atoms with van der Waals surface area (Å²) in [6.07, 6.45) is 4.24. The van der Waals surface area contributed by atoms with Crippen LogP contribution in [0.4, 0.5) is 0 Å². The maximum Gasteiger partial charge on any atom is 0.238 e. The van der Waals surface area contributed by atoms with Gasteiger partial charge < -0.3 is 29.2 Å². The van der Waals surface area contributed by atoms with E-state index in [4.69, 9.17) is 13.9 Å². The van der Waals surface area contributed by atoms with Gasteiger partial charge in [0.2, 0.25) is 11.2 Å². The van der Waals surface area contributed by atoms with Crippen molar-refractivity contribution in [3.63, 3.8) is 0 Å². The second-order valence-electron chi connectivity index (χ2n) is 6.84. The van der Waals surface area contributed by atoms with Crippen LogP contribution in [0.3, 0.4) is 0 Å². The molecular formula is C21H20O7. The van der Waals surface area contributed by atoms with Crippen molar-refractivity contribution in [2.45, 2.75) is 31.8 Å². The summed E-state index contributed by atoms with van der Waals surface area (Å²) in [5.74, 6) is -0.413. The van der Waals surface area contributed by atoms with E-state index in [9.17, 15) is 20.1 Å². The number of phenols is 2. The predicted molar refractivity (Wildman–Crippen MR) is 102 cm³/mol. The molecule has 0 spiro atoms. The summed E-state index contributed by atoms with van der Waals surface area (Å²) in [7, 11) is 1.54. The Kier molecular flexibility index (Phi) is 4.50. The molecule has 1 aliphatic carbocycles. The van der Waals surface area contributed by atoms with Gasteiger partial charge in [0.25, 0.3) is 0 Å². The molecule has 2 aromatic carbocycles. The Labute approximate surface area is 160 Å². The molecule has 7 nitrogen and oxygen atoms in total. The molecule has 4 rings (SSSR count). The Morgan fingerprint density at radius 3 is 2.50 bits per heavy atom. The van der Waals surface area contributed by atoms with Crippen LogP contribution in [-0.2, 0) is 0 Å². The molecule has 3 N–H and O–H groups in total. The molecule has 146 valence electrons. The van der Waals surface area contributed by atoms with E-state index in [1.807, 2.05) is 0 Å². The monoisotopic (exact) mass is 384 g/mol. The summed E-state index contributed by atoms with van der Waals surface area (Å²) in [4.78, 5) is 12.5. The third-order valence-corrected chi connectivity index (χ3v) is 4.96. The van der Waals surface area contributed by atoms with Gasteiger partial charge >= 0.3 is 0 Å². The van der Waals surface area contributed by atoms with Crippen LogP contribution in [0.5, 0.6) is 28.7 Å². The lowest BCUT2D eigenvalue weighted by Gasteiger charge is -2.17. The third kappa shape index (κ3) is 3.09. The van der Waals surface area contributed by atoms with Crippen molar-refractivity contribution in [3.8, 4) is 40.1 Å². The standard InChI is InChI=1S/C21H20O7/c1-26-15-7-6-11(8-16(15)27-13-4-2-3-5-13)21-20(25)19(24)18-14(23)9-12(22)10-17(18)28-21/h6-10,13,22-23,25H,2-5H2,1H3. The number of hydrogen-bond donors (Lipinski definition) is 3. The summed E-state index contributed by atoms with van der Waals surface area (Å²) in [5.41, 5.74) is -0.416. The molecule has 0 saturated heterocycles. The van der Waals surface area contributed by atoms with E-state index in [1.54, 1.807) is 18.2 Å². The minimum atomic E-state index is -0.789. The lowest BCUT2D eigenvalue weighted by atomic mass is 10.1. The maximum atomic E-state index is 12.5. The summed E-state index contributed by atoms with van der Waals surface area (Å²) in [6, 6.07) is 7.16. The van der Waals surface area contributed by atoms with Crippen LogP contribution < -0.4 is 14.9 Å². The molecule has 1 heterocycles. The van der Waals surface area contributed by atoms with Crippen molar-refractivity contribution in [2.75, 3.05) is 7.11 Å². The molecule has 7 heteroatoms. The van der Waals surface area contributed by atoms with Crippen LogP contribution in [0.15, 0.2) is 39.5 Å². The first-order valence-corrected chi connectivity index (χ1v) is 9.04.